The minimum atomic E-state index is -0.400. The summed E-state index contributed by atoms with van der Waals surface area (Å²) in [5.74, 6) is -0.0923. The number of anilines is 2. The van der Waals surface area contributed by atoms with Gasteiger partial charge in [0.1, 0.15) is 0 Å². The summed E-state index contributed by atoms with van der Waals surface area (Å²) in [5.41, 5.74) is 4.35. The lowest BCUT2D eigenvalue weighted by Crippen LogP contribution is -2.17. The molecule has 0 radical (unpaired) electrons. The number of aromatic nitrogens is 2. The van der Waals surface area contributed by atoms with Gasteiger partial charge in [0.15, 0.2) is 0 Å². The first-order valence-corrected chi connectivity index (χ1v) is 9.90. The van der Waals surface area contributed by atoms with Gasteiger partial charge in [0, 0.05) is 16.8 Å². The predicted octanol–water partition coefficient (Wildman–Crippen LogP) is 4.74. The van der Waals surface area contributed by atoms with Crippen LogP contribution in [0, 0.1) is 0 Å². The van der Waals surface area contributed by atoms with Crippen molar-refractivity contribution in [2.75, 3.05) is 5.32 Å². The molecule has 0 unspecified atom stereocenters. The molecular formula is C22H15Cl2N5O2. The maximum atomic E-state index is 12.3. The van der Waals surface area contributed by atoms with Crippen molar-refractivity contribution in [3.63, 3.8) is 0 Å². The SMILES string of the molecule is O=C(N/N=C\c1c(Cl)cccc1Cl)c1ccc(Nc2nc3ccccc3c(=O)[nH]2)cc1. The number of carbonyl (C=O) groups excluding carboxylic acids is 1. The number of nitrogens with one attached hydrogen (secondary N) is 3. The van der Waals surface area contributed by atoms with E-state index in [2.05, 4.69) is 25.8 Å². The second-order valence-corrected chi connectivity index (χ2v) is 7.28. The highest BCUT2D eigenvalue weighted by Crippen LogP contribution is 2.22. The van der Waals surface area contributed by atoms with Crippen LogP contribution in [0.25, 0.3) is 10.9 Å². The Morgan fingerprint density at radius 2 is 1.68 bits per heavy atom. The molecule has 9 heteroatoms. The second kappa shape index (κ2) is 8.99. The lowest BCUT2D eigenvalue weighted by molar-refractivity contribution is 0.0955. The lowest BCUT2D eigenvalue weighted by atomic mass is 10.2. The van der Waals surface area contributed by atoms with E-state index in [1.54, 1.807) is 60.7 Å². The number of aromatic amines is 1. The molecule has 0 saturated heterocycles. The minimum absolute atomic E-state index is 0.236. The molecule has 0 aliphatic rings. The average Bonchev–Trinajstić information content (AvgIpc) is 2.76. The lowest BCUT2D eigenvalue weighted by Gasteiger charge is -2.07. The first kappa shape index (κ1) is 20.6. The monoisotopic (exact) mass is 451 g/mol. The number of H-pyrrole nitrogens is 1. The number of para-hydroxylation sites is 1. The quantitative estimate of drug-likeness (QED) is 0.301. The van der Waals surface area contributed by atoms with Gasteiger partial charge >= 0.3 is 0 Å². The molecule has 3 N–H and O–H groups in total. The fraction of sp³-hybridized carbons (Fsp3) is 0. The maximum Gasteiger partial charge on any atom is 0.271 e. The van der Waals surface area contributed by atoms with Crippen LogP contribution < -0.4 is 16.3 Å². The van der Waals surface area contributed by atoms with Crippen molar-refractivity contribution in [1.82, 2.24) is 15.4 Å². The zero-order valence-electron chi connectivity index (χ0n) is 15.9. The van der Waals surface area contributed by atoms with E-state index in [0.717, 1.165) is 0 Å². The molecule has 0 saturated carbocycles. The van der Waals surface area contributed by atoms with Crippen LogP contribution in [0.4, 0.5) is 11.6 Å². The summed E-state index contributed by atoms with van der Waals surface area (Å²) in [6, 6.07) is 18.8. The third-order valence-corrected chi connectivity index (χ3v) is 5.04. The molecule has 0 bridgehead atoms. The van der Waals surface area contributed by atoms with E-state index < -0.39 is 5.91 Å². The van der Waals surface area contributed by atoms with Crippen LogP contribution in [-0.2, 0) is 0 Å². The Labute approximate surface area is 186 Å². The van der Waals surface area contributed by atoms with Crippen LogP contribution in [0.5, 0.6) is 0 Å². The molecule has 0 aliphatic carbocycles. The molecule has 1 heterocycles. The Bertz CT molecular complexity index is 1330. The number of nitrogens with zero attached hydrogens (tertiary/aromatic N) is 2. The summed E-state index contributed by atoms with van der Waals surface area (Å²) in [5, 5.41) is 8.31. The van der Waals surface area contributed by atoms with Gasteiger partial charge in [-0.05, 0) is 48.5 Å². The van der Waals surface area contributed by atoms with E-state index in [-0.39, 0.29) is 5.56 Å². The first-order valence-electron chi connectivity index (χ1n) is 9.15. The van der Waals surface area contributed by atoms with Gasteiger partial charge in [-0.2, -0.15) is 5.10 Å². The molecule has 1 aromatic heterocycles. The van der Waals surface area contributed by atoms with Crippen molar-refractivity contribution in [2.45, 2.75) is 0 Å². The Kier molecular flexibility index (Phi) is 5.97. The van der Waals surface area contributed by atoms with Crippen LogP contribution in [0.1, 0.15) is 15.9 Å². The third kappa shape index (κ3) is 4.74. The van der Waals surface area contributed by atoms with E-state index in [1.165, 1.54) is 6.21 Å². The number of amides is 1. The molecule has 0 spiro atoms. The first-order chi connectivity index (χ1) is 15.0. The molecule has 4 rings (SSSR count). The number of carbonyl (C=O) groups is 1. The van der Waals surface area contributed by atoms with Crippen LogP contribution >= 0.6 is 23.2 Å². The smallest absolute Gasteiger partial charge is 0.271 e. The number of fused-ring (bicyclic) bond motifs is 1. The zero-order valence-corrected chi connectivity index (χ0v) is 17.4. The summed E-state index contributed by atoms with van der Waals surface area (Å²) >= 11 is 12.1. The van der Waals surface area contributed by atoms with E-state index in [0.29, 0.717) is 43.7 Å². The molecule has 154 valence electrons. The van der Waals surface area contributed by atoms with Crippen molar-refractivity contribution in [1.29, 1.82) is 0 Å². The number of rotatable bonds is 5. The van der Waals surface area contributed by atoms with Gasteiger partial charge in [-0.3, -0.25) is 14.6 Å². The number of hydrogen-bond acceptors (Lipinski definition) is 5. The minimum Gasteiger partial charge on any atom is -0.326 e. The van der Waals surface area contributed by atoms with Crippen molar-refractivity contribution in [3.8, 4) is 0 Å². The summed E-state index contributed by atoms with van der Waals surface area (Å²) in [4.78, 5) is 31.5. The van der Waals surface area contributed by atoms with Crippen LogP contribution in [0.3, 0.4) is 0 Å². The van der Waals surface area contributed by atoms with Gasteiger partial charge in [0.2, 0.25) is 5.95 Å². The molecule has 0 fully saturated rings. The van der Waals surface area contributed by atoms with E-state index >= 15 is 0 Å². The Balaban J connectivity index is 1.44. The molecule has 0 atom stereocenters. The highest BCUT2D eigenvalue weighted by Gasteiger charge is 2.07. The van der Waals surface area contributed by atoms with E-state index in [4.69, 9.17) is 23.2 Å². The summed E-state index contributed by atoms with van der Waals surface area (Å²) in [6.45, 7) is 0. The summed E-state index contributed by atoms with van der Waals surface area (Å²) in [6.07, 6.45) is 1.39. The topological polar surface area (TPSA) is 99.2 Å². The molecule has 7 nitrogen and oxygen atoms in total. The molecular weight excluding hydrogens is 437 g/mol. The van der Waals surface area contributed by atoms with Crippen molar-refractivity contribution in [2.24, 2.45) is 5.10 Å². The van der Waals surface area contributed by atoms with Crippen molar-refractivity contribution in [3.05, 3.63) is 98.3 Å². The number of benzene rings is 3. The average molecular weight is 452 g/mol. The van der Waals surface area contributed by atoms with Gasteiger partial charge in [-0.15, -0.1) is 0 Å². The van der Waals surface area contributed by atoms with Gasteiger partial charge in [0.25, 0.3) is 11.5 Å². The number of hydrazone groups is 1. The number of hydrogen-bond donors (Lipinski definition) is 3. The zero-order chi connectivity index (χ0) is 21.8. The van der Waals surface area contributed by atoms with Crippen LogP contribution in [-0.4, -0.2) is 22.1 Å². The van der Waals surface area contributed by atoms with Gasteiger partial charge in [-0.25, -0.2) is 10.4 Å². The molecule has 1 amide bonds. The fourth-order valence-corrected chi connectivity index (χ4v) is 3.34. The largest absolute Gasteiger partial charge is 0.326 e. The summed E-state index contributed by atoms with van der Waals surface area (Å²) in [7, 11) is 0. The van der Waals surface area contributed by atoms with Crippen LogP contribution in [0.15, 0.2) is 76.6 Å². The van der Waals surface area contributed by atoms with Crippen molar-refractivity contribution < 1.29 is 4.79 Å². The van der Waals surface area contributed by atoms with Crippen molar-refractivity contribution >= 4 is 57.9 Å². The normalized spacial score (nSPS) is 11.0. The van der Waals surface area contributed by atoms with Crippen LogP contribution in [0.2, 0.25) is 10.0 Å². The standard InChI is InChI=1S/C22H15Cl2N5O2/c23-17-5-3-6-18(24)16(17)12-25-29-20(30)13-8-10-14(11-9-13)26-22-27-19-7-2-1-4-15(19)21(31)28-22/h1-12H,(H,29,30)(H2,26,27,28,31)/b25-12-. The van der Waals surface area contributed by atoms with Gasteiger partial charge in [0.05, 0.1) is 27.2 Å². The van der Waals surface area contributed by atoms with Gasteiger partial charge in [-0.1, -0.05) is 41.4 Å². The molecule has 31 heavy (non-hydrogen) atoms. The molecule has 3 aromatic carbocycles. The summed E-state index contributed by atoms with van der Waals surface area (Å²) < 4.78 is 0. The highest BCUT2D eigenvalue weighted by atomic mass is 35.5. The Morgan fingerprint density at radius 1 is 0.968 bits per heavy atom. The molecule has 4 aromatic rings. The Morgan fingerprint density at radius 3 is 2.42 bits per heavy atom. The van der Waals surface area contributed by atoms with E-state index in [1.807, 2.05) is 6.07 Å². The third-order valence-electron chi connectivity index (χ3n) is 4.38. The Hall–Kier alpha value is -3.68. The maximum absolute atomic E-state index is 12.3. The fourth-order valence-electron chi connectivity index (χ4n) is 2.84. The van der Waals surface area contributed by atoms with Gasteiger partial charge < -0.3 is 5.32 Å². The predicted molar refractivity (Wildman–Crippen MR) is 124 cm³/mol. The molecule has 0 aliphatic heterocycles. The van der Waals surface area contributed by atoms with E-state index in [9.17, 15) is 9.59 Å². The second-order valence-electron chi connectivity index (χ2n) is 6.47. The highest BCUT2D eigenvalue weighted by molar-refractivity contribution is 6.38. The number of halogens is 2.